The Hall–Kier alpha value is -0.0800. The van der Waals surface area contributed by atoms with Gasteiger partial charge in [0.25, 0.3) is 0 Å². The van der Waals surface area contributed by atoms with Crippen LogP contribution >= 0.6 is 0 Å². The molecule has 0 aromatic rings. The second-order valence-electron chi connectivity index (χ2n) is 16.1. The largest absolute Gasteiger partial charge is 0.390 e. The molecule has 12 aliphatic rings. The third-order valence-electron chi connectivity index (χ3n) is 16.3. The first-order valence-electron chi connectivity index (χ1n) is 15.7. The van der Waals surface area contributed by atoms with Crippen LogP contribution in [-0.2, 0) is 0 Å². The summed E-state index contributed by atoms with van der Waals surface area (Å²) in [6.07, 6.45) is 33.1. The van der Waals surface area contributed by atoms with E-state index in [-0.39, 0.29) is 11.2 Å². The molecule has 0 atom stereocenters. The van der Waals surface area contributed by atoms with Gasteiger partial charge >= 0.3 is 0 Å². The summed E-state index contributed by atoms with van der Waals surface area (Å²) in [5, 5.41) is 21.7. The molecule has 12 aliphatic carbocycles. The molecule has 0 unspecified atom stereocenters. The summed E-state index contributed by atoms with van der Waals surface area (Å²) in [6, 6.07) is 0. The third-order valence-corrected chi connectivity index (χ3v) is 16.3. The van der Waals surface area contributed by atoms with Crippen molar-refractivity contribution in [3.63, 3.8) is 0 Å². The number of hydrogen-bond acceptors (Lipinski definition) is 2. The van der Waals surface area contributed by atoms with Crippen molar-refractivity contribution < 1.29 is 10.2 Å². The molecule has 0 saturated heterocycles. The molecule has 34 heavy (non-hydrogen) atoms. The van der Waals surface area contributed by atoms with Gasteiger partial charge in [0.2, 0.25) is 0 Å². The summed E-state index contributed by atoms with van der Waals surface area (Å²) in [6.45, 7) is 0. The molecule has 2 nitrogen and oxygen atoms in total. The monoisotopic (exact) mass is 466 g/mol. The van der Waals surface area contributed by atoms with Gasteiger partial charge in [-0.25, -0.2) is 0 Å². The lowest BCUT2D eigenvalue weighted by atomic mass is 9.32. The van der Waals surface area contributed by atoms with Crippen LogP contribution in [-0.4, -0.2) is 21.4 Å². The molecule has 0 aromatic heterocycles. The fourth-order valence-corrected chi connectivity index (χ4v) is 13.5. The standard InChI is InChI=1S/C32H50O2/c33-31-19-13-29(14-20-31,15-21-31)27-7-1-25(2-8-27,3-9-27)26-4-10-28(11-5-26,12-6-26)30-16-22-32(34,23-17-30)24-18-30/h33-34H,1-24H2. The van der Waals surface area contributed by atoms with Crippen LogP contribution in [0.1, 0.15) is 154 Å². The summed E-state index contributed by atoms with van der Waals surface area (Å²) < 4.78 is 0. The van der Waals surface area contributed by atoms with Crippen LogP contribution in [0.5, 0.6) is 0 Å². The Morgan fingerprint density at radius 1 is 0.206 bits per heavy atom. The molecule has 0 aromatic carbocycles. The second kappa shape index (κ2) is 6.48. The highest BCUT2D eigenvalue weighted by Gasteiger charge is 2.69. The number of rotatable bonds is 3. The Morgan fingerprint density at radius 3 is 0.471 bits per heavy atom. The first kappa shape index (κ1) is 22.0. The minimum Gasteiger partial charge on any atom is -0.390 e. The molecule has 2 N–H and O–H groups in total. The molecule has 0 heterocycles. The van der Waals surface area contributed by atoms with Crippen LogP contribution in [0.2, 0.25) is 0 Å². The van der Waals surface area contributed by atoms with Gasteiger partial charge in [-0.05, 0) is 187 Å². The zero-order valence-corrected chi connectivity index (χ0v) is 21.9. The van der Waals surface area contributed by atoms with E-state index >= 15 is 0 Å². The van der Waals surface area contributed by atoms with Crippen molar-refractivity contribution in [2.75, 3.05) is 0 Å². The molecule has 12 saturated carbocycles. The van der Waals surface area contributed by atoms with Crippen LogP contribution in [0.15, 0.2) is 0 Å². The van der Waals surface area contributed by atoms with Crippen molar-refractivity contribution in [1.29, 1.82) is 0 Å². The molecule has 0 aliphatic heterocycles. The molecule has 2 heteroatoms. The summed E-state index contributed by atoms with van der Waals surface area (Å²) >= 11 is 0. The van der Waals surface area contributed by atoms with Crippen LogP contribution in [0.25, 0.3) is 0 Å². The zero-order valence-electron chi connectivity index (χ0n) is 21.9. The average Bonchev–Trinajstić information content (AvgIpc) is 2.92. The van der Waals surface area contributed by atoms with E-state index in [2.05, 4.69) is 0 Å². The highest BCUT2D eigenvalue weighted by Crippen LogP contribution is 2.79. The lowest BCUT2D eigenvalue weighted by Crippen LogP contribution is -2.63. The van der Waals surface area contributed by atoms with Crippen molar-refractivity contribution in [2.24, 2.45) is 32.5 Å². The van der Waals surface area contributed by atoms with E-state index < -0.39 is 0 Å². The van der Waals surface area contributed by atoms with Crippen molar-refractivity contribution >= 4 is 0 Å². The molecular formula is C32H50O2. The Morgan fingerprint density at radius 2 is 0.324 bits per heavy atom. The van der Waals surface area contributed by atoms with E-state index in [4.69, 9.17) is 0 Å². The number of fused-ring (bicyclic) bond motifs is 12. The number of hydrogen-bond donors (Lipinski definition) is 2. The molecule has 12 rings (SSSR count). The first-order valence-corrected chi connectivity index (χ1v) is 15.7. The minimum absolute atomic E-state index is 0.282. The first-order chi connectivity index (χ1) is 16.2. The predicted molar refractivity (Wildman–Crippen MR) is 135 cm³/mol. The zero-order chi connectivity index (χ0) is 23.0. The van der Waals surface area contributed by atoms with Crippen LogP contribution < -0.4 is 0 Å². The van der Waals surface area contributed by atoms with Gasteiger partial charge < -0.3 is 10.2 Å². The van der Waals surface area contributed by atoms with Gasteiger partial charge in [-0.2, -0.15) is 0 Å². The minimum atomic E-state index is -0.282. The Kier molecular flexibility index (Phi) is 4.19. The van der Waals surface area contributed by atoms with Crippen molar-refractivity contribution in [1.82, 2.24) is 0 Å². The summed E-state index contributed by atoms with van der Waals surface area (Å²) in [4.78, 5) is 0. The van der Waals surface area contributed by atoms with Gasteiger partial charge in [-0.1, -0.05) is 0 Å². The van der Waals surface area contributed by atoms with Crippen molar-refractivity contribution in [3.8, 4) is 0 Å². The van der Waals surface area contributed by atoms with Gasteiger partial charge in [-0.3, -0.25) is 0 Å². The highest BCUT2D eigenvalue weighted by atomic mass is 16.3. The van der Waals surface area contributed by atoms with E-state index in [0.717, 1.165) is 38.5 Å². The fourth-order valence-electron chi connectivity index (χ4n) is 13.5. The van der Waals surface area contributed by atoms with Gasteiger partial charge in [0, 0.05) is 0 Å². The Labute approximate surface area is 208 Å². The quantitative estimate of drug-likeness (QED) is 0.445. The molecule has 8 bridgehead atoms. The van der Waals surface area contributed by atoms with Crippen LogP contribution in [0, 0.1) is 32.5 Å². The second-order valence-corrected chi connectivity index (χ2v) is 16.1. The van der Waals surface area contributed by atoms with Gasteiger partial charge in [-0.15, -0.1) is 0 Å². The lowest BCUT2D eigenvalue weighted by Gasteiger charge is -2.73. The van der Waals surface area contributed by atoms with E-state index in [1.807, 2.05) is 0 Å². The maximum absolute atomic E-state index is 10.8. The average molecular weight is 467 g/mol. The summed E-state index contributed by atoms with van der Waals surface area (Å²) in [5.41, 5.74) is 3.27. The lowest BCUT2D eigenvalue weighted by molar-refractivity contribution is -0.236. The Balaban J connectivity index is 1.01. The third kappa shape index (κ3) is 2.48. The molecule has 0 amide bonds. The summed E-state index contributed by atoms with van der Waals surface area (Å²) in [5.74, 6) is 0. The van der Waals surface area contributed by atoms with Gasteiger partial charge in [0.05, 0.1) is 11.2 Å². The van der Waals surface area contributed by atoms with E-state index in [1.54, 1.807) is 38.5 Å². The molecule has 0 radical (unpaired) electrons. The van der Waals surface area contributed by atoms with Crippen molar-refractivity contribution in [2.45, 2.75) is 165 Å². The normalized spacial score (nSPS) is 62.3. The number of aliphatic hydroxyl groups is 2. The maximum Gasteiger partial charge on any atom is 0.0648 e. The topological polar surface area (TPSA) is 40.5 Å². The van der Waals surface area contributed by atoms with Crippen LogP contribution in [0.3, 0.4) is 0 Å². The SMILES string of the molecule is OC12CCC(C34CCC(C56CCC(C78CCC(O)(CC7)CC8)(CC5)CC6)(CC3)CC4)(CC1)CC2. The molecule has 0 spiro atoms. The van der Waals surface area contributed by atoms with Gasteiger partial charge in [0.15, 0.2) is 0 Å². The van der Waals surface area contributed by atoms with E-state index in [1.165, 1.54) is 77.0 Å². The molecular weight excluding hydrogens is 416 g/mol. The fraction of sp³-hybridized carbons (Fsp3) is 1.00. The predicted octanol–water partition coefficient (Wildman–Crippen LogP) is 7.84. The van der Waals surface area contributed by atoms with Crippen LogP contribution in [0.4, 0.5) is 0 Å². The van der Waals surface area contributed by atoms with Gasteiger partial charge in [0.1, 0.15) is 0 Å². The van der Waals surface area contributed by atoms with E-state index in [9.17, 15) is 10.2 Å². The maximum atomic E-state index is 10.8. The van der Waals surface area contributed by atoms with E-state index in [0.29, 0.717) is 32.5 Å². The molecule has 12 fully saturated rings. The smallest absolute Gasteiger partial charge is 0.0648 e. The Bertz CT molecular complexity index is 713. The van der Waals surface area contributed by atoms with Crippen molar-refractivity contribution in [3.05, 3.63) is 0 Å². The summed E-state index contributed by atoms with van der Waals surface area (Å²) in [7, 11) is 0. The molecule has 190 valence electrons. The highest BCUT2D eigenvalue weighted by molar-refractivity contribution is 5.19.